The van der Waals surface area contributed by atoms with Gasteiger partial charge in [-0.3, -0.25) is 4.79 Å². The standard InChI is InChI=1S/C15H23NO2/c1-14(2,16)12(13(17)15(3,4)18)10-11-8-6-5-7-9-11/h5-9,12,18H,10,16H2,1-4H3/t12-/m0/s1. The number of hydrogen-bond donors (Lipinski definition) is 2. The molecule has 3 N–H and O–H groups in total. The third-order valence-electron chi connectivity index (χ3n) is 3.10. The Morgan fingerprint density at radius 2 is 1.72 bits per heavy atom. The fraction of sp³-hybridized carbons (Fsp3) is 0.533. The quantitative estimate of drug-likeness (QED) is 0.838. The van der Waals surface area contributed by atoms with Gasteiger partial charge in [-0.15, -0.1) is 0 Å². The number of carbonyl (C=O) groups is 1. The number of nitrogens with two attached hydrogens (primary N) is 1. The van der Waals surface area contributed by atoms with Crippen LogP contribution in [-0.4, -0.2) is 22.0 Å². The fourth-order valence-electron chi connectivity index (χ4n) is 1.97. The zero-order chi connectivity index (χ0) is 14.0. The van der Waals surface area contributed by atoms with Crippen LogP contribution in [0.25, 0.3) is 0 Å². The molecule has 1 aromatic rings. The van der Waals surface area contributed by atoms with Crippen molar-refractivity contribution in [1.82, 2.24) is 0 Å². The largest absolute Gasteiger partial charge is 0.383 e. The molecule has 0 aliphatic heterocycles. The molecule has 1 aromatic carbocycles. The summed E-state index contributed by atoms with van der Waals surface area (Å²) >= 11 is 0. The topological polar surface area (TPSA) is 63.3 Å². The lowest BCUT2D eigenvalue weighted by atomic mass is 9.76. The van der Waals surface area contributed by atoms with Gasteiger partial charge in [0.15, 0.2) is 5.78 Å². The first-order valence-corrected chi connectivity index (χ1v) is 6.22. The van der Waals surface area contributed by atoms with Crippen LogP contribution in [-0.2, 0) is 11.2 Å². The minimum Gasteiger partial charge on any atom is -0.383 e. The monoisotopic (exact) mass is 249 g/mol. The molecule has 3 heteroatoms. The molecular formula is C15H23NO2. The first kappa shape index (κ1) is 14.9. The first-order valence-electron chi connectivity index (χ1n) is 6.22. The zero-order valence-corrected chi connectivity index (χ0v) is 11.6. The van der Waals surface area contributed by atoms with Crippen molar-refractivity contribution in [1.29, 1.82) is 0 Å². The predicted molar refractivity (Wildman–Crippen MR) is 73.2 cm³/mol. The third kappa shape index (κ3) is 3.93. The van der Waals surface area contributed by atoms with Gasteiger partial charge < -0.3 is 10.8 Å². The Morgan fingerprint density at radius 3 is 2.11 bits per heavy atom. The number of ketones is 1. The molecule has 0 spiro atoms. The molecule has 18 heavy (non-hydrogen) atoms. The van der Waals surface area contributed by atoms with Crippen molar-refractivity contribution in [3.05, 3.63) is 35.9 Å². The van der Waals surface area contributed by atoms with E-state index in [9.17, 15) is 9.90 Å². The molecule has 1 atom stereocenters. The van der Waals surface area contributed by atoms with Crippen LogP contribution in [0.5, 0.6) is 0 Å². The maximum Gasteiger partial charge on any atom is 0.168 e. The van der Waals surface area contributed by atoms with E-state index in [1.165, 1.54) is 13.8 Å². The highest BCUT2D eigenvalue weighted by Gasteiger charge is 2.38. The van der Waals surface area contributed by atoms with Crippen molar-refractivity contribution < 1.29 is 9.90 Å². The summed E-state index contributed by atoms with van der Waals surface area (Å²) in [6, 6.07) is 9.74. The Kier molecular flexibility index (Phi) is 4.30. The van der Waals surface area contributed by atoms with Gasteiger partial charge in [0.25, 0.3) is 0 Å². The van der Waals surface area contributed by atoms with Crippen LogP contribution < -0.4 is 5.73 Å². The van der Waals surface area contributed by atoms with E-state index in [-0.39, 0.29) is 5.78 Å². The predicted octanol–water partition coefficient (Wildman–Crippen LogP) is 1.92. The van der Waals surface area contributed by atoms with Crippen LogP contribution in [0.1, 0.15) is 33.3 Å². The number of carbonyl (C=O) groups excluding carboxylic acids is 1. The molecule has 3 nitrogen and oxygen atoms in total. The molecular weight excluding hydrogens is 226 g/mol. The summed E-state index contributed by atoms with van der Waals surface area (Å²) in [6.07, 6.45) is 0.549. The maximum absolute atomic E-state index is 12.3. The molecule has 0 fully saturated rings. The van der Waals surface area contributed by atoms with Crippen molar-refractivity contribution in [3.63, 3.8) is 0 Å². The molecule has 0 aliphatic carbocycles. The van der Waals surface area contributed by atoms with Crippen molar-refractivity contribution in [2.24, 2.45) is 11.7 Å². The lowest BCUT2D eigenvalue weighted by Crippen LogP contribution is -2.51. The second-order valence-electron chi connectivity index (χ2n) is 5.99. The molecule has 0 saturated heterocycles. The summed E-state index contributed by atoms with van der Waals surface area (Å²) in [7, 11) is 0. The minimum atomic E-state index is -1.35. The van der Waals surface area contributed by atoms with Gasteiger partial charge in [0.2, 0.25) is 0 Å². The Labute approximate surface area is 109 Å². The Morgan fingerprint density at radius 1 is 1.22 bits per heavy atom. The van der Waals surface area contributed by atoms with E-state index in [4.69, 9.17) is 5.73 Å². The van der Waals surface area contributed by atoms with Gasteiger partial charge in [-0.05, 0) is 39.7 Å². The van der Waals surface area contributed by atoms with E-state index >= 15 is 0 Å². The second-order valence-corrected chi connectivity index (χ2v) is 5.99. The van der Waals surface area contributed by atoms with Crippen LogP contribution in [0, 0.1) is 5.92 Å². The molecule has 1 rings (SSSR count). The number of rotatable bonds is 5. The minimum absolute atomic E-state index is 0.209. The van der Waals surface area contributed by atoms with Gasteiger partial charge in [0.1, 0.15) is 5.60 Å². The highest BCUT2D eigenvalue weighted by atomic mass is 16.3. The summed E-state index contributed by atoms with van der Waals surface area (Å²) in [5, 5.41) is 9.89. The molecule has 0 amide bonds. The number of hydrogen-bond acceptors (Lipinski definition) is 3. The van der Waals surface area contributed by atoms with Gasteiger partial charge >= 0.3 is 0 Å². The normalized spacial score (nSPS) is 14.3. The van der Waals surface area contributed by atoms with Crippen LogP contribution in [0.15, 0.2) is 30.3 Å². The van der Waals surface area contributed by atoms with E-state index in [1.807, 2.05) is 44.2 Å². The van der Waals surface area contributed by atoms with Gasteiger partial charge in [0.05, 0.1) is 0 Å². The summed E-state index contributed by atoms with van der Waals surface area (Å²) in [6.45, 7) is 6.67. The van der Waals surface area contributed by atoms with Crippen LogP contribution >= 0.6 is 0 Å². The average Bonchev–Trinajstić information content (AvgIpc) is 2.23. The first-order chi connectivity index (χ1) is 8.12. The summed E-state index contributed by atoms with van der Waals surface area (Å²) < 4.78 is 0. The van der Waals surface area contributed by atoms with Gasteiger partial charge in [-0.2, -0.15) is 0 Å². The number of Topliss-reactive ketones (excluding diaryl/α,β-unsaturated/α-hetero) is 1. The highest BCUT2D eigenvalue weighted by Crippen LogP contribution is 2.25. The molecule has 0 bridgehead atoms. The number of aliphatic hydroxyl groups is 1. The van der Waals surface area contributed by atoms with Crippen LogP contribution in [0.3, 0.4) is 0 Å². The highest BCUT2D eigenvalue weighted by molar-refractivity contribution is 5.89. The van der Waals surface area contributed by atoms with Gasteiger partial charge in [0, 0.05) is 11.5 Å². The molecule has 0 saturated carbocycles. The summed E-state index contributed by atoms with van der Waals surface area (Å²) in [5.74, 6) is -0.612. The smallest absolute Gasteiger partial charge is 0.168 e. The molecule has 0 unspecified atom stereocenters. The summed E-state index contributed by atoms with van der Waals surface area (Å²) in [5.41, 5.74) is 5.14. The molecule has 0 aliphatic rings. The lowest BCUT2D eigenvalue weighted by Gasteiger charge is -2.33. The van der Waals surface area contributed by atoms with E-state index < -0.39 is 17.1 Å². The van der Waals surface area contributed by atoms with E-state index in [1.54, 1.807) is 0 Å². The second kappa shape index (κ2) is 5.21. The van der Waals surface area contributed by atoms with Gasteiger partial charge in [-0.25, -0.2) is 0 Å². The average molecular weight is 249 g/mol. The van der Waals surface area contributed by atoms with Crippen molar-refractivity contribution >= 4 is 5.78 Å². The Bertz CT molecular complexity index is 399. The van der Waals surface area contributed by atoms with E-state index in [0.717, 1.165) is 5.56 Å². The molecule has 0 heterocycles. The van der Waals surface area contributed by atoms with Crippen molar-refractivity contribution in [3.8, 4) is 0 Å². The van der Waals surface area contributed by atoms with Crippen LogP contribution in [0.4, 0.5) is 0 Å². The Hall–Kier alpha value is -1.19. The van der Waals surface area contributed by atoms with Crippen LogP contribution in [0.2, 0.25) is 0 Å². The number of benzene rings is 1. The van der Waals surface area contributed by atoms with E-state index in [0.29, 0.717) is 6.42 Å². The molecule has 100 valence electrons. The molecule has 0 aromatic heterocycles. The fourth-order valence-corrected chi connectivity index (χ4v) is 1.97. The Balaban J connectivity index is 2.98. The third-order valence-corrected chi connectivity index (χ3v) is 3.10. The maximum atomic E-state index is 12.3. The molecule has 0 radical (unpaired) electrons. The van der Waals surface area contributed by atoms with Gasteiger partial charge in [-0.1, -0.05) is 30.3 Å². The van der Waals surface area contributed by atoms with Crippen molar-refractivity contribution in [2.45, 2.75) is 45.3 Å². The lowest BCUT2D eigenvalue weighted by molar-refractivity contribution is -0.140. The SMILES string of the molecule is CC(C)(O)C(=O)[C@H](Cc1ccccc1)C(C)(C)N. The summed E-state index contributed by atoms with van der Waals surface area (Å²) in [4.78, 5) is 12.3. The van der Waals surface area contributed by atoms with E-state index in [2.05, 4.69) is 0 Å². The van der Waals surface area contributed by atoms with Crippen molar-refractivity contribution in [2.75, 3.05) is 0 Å². The zero-order valence-electron chi connectivity index (χ0n) is 11.6.